The van der Waals surface area contributed by atoms with Crippen LogP contribution in [0.5, 0.6) is 0 Å². The molecule has 0 saturated heterocycles. The van der Waals surface area contributed by atoms with E-state index in [2.05, 4.69) is 25.7 Å². The highest BCUT2D eigenvalue weighted by Gasteiger charge is 2.51. The zero-order valence-corrected chi connectivity index (χ0v) is 24.0. The van der Waals surface area contributed by atoms with Gasteiger partial charge in [-0.15, -0.1) is 0 Å². The van der Waals surface area contributed by atoms with Gasteiger partial charge in [-0.25, -0.2) is 0 Å². The van der Waals surface area contributed by atoms with Crippen LogP contribution < -0.4 is 0 Å². The van der Waals surface area contributed by atoms with Gasteiger partial charge >= 0.3 is 0 Å². The summed E-state index contributed by atoms with van der Waals surface area (Å²) in [5.41, 5.74) is 1.62. The van der Waals surface area contributed by atoms with Gasteiger partial charge < -0.3 is 25.5 Å². The van der Waals surface area contributed by atoms with E-state index in [0.717, 1.165) is 49.7 Å². The van der Waals surface area contributed by atoms with Gasteiger partial charge in [0, 0.05) is 6.42 Å². The van der Waals surface area contributed by atoms with Gasteiger partial charge in [-0.1, -0.05) is 44.1 Å². The summed E-state index contributed by atoms with van der Waals surface area (Å²) in [6.45, 7) is 13.7. The van der Waals surface area contributed by atoms with Crippen LogP contribution >= 0.6 is 0 Å². The lowest BCUT2D eigenvalue weighted by molar-refractivity contribution is -0.0563. The molecule has 0 heterocycles. The third-order valence-electron chi connectivity index (χ3n) is 9.86. The number of rotatable bonds is 10. The molecule has 7 atom stereocenters. The zero-order chi connectivity index (χ0) is 27.6. The SMILES string of the molecule is C=C1/C(=C\C=C2/CCC[C@]3(C)[C@@H]([C@H](CCCC(C)(C)O)CCC(O)C(C)(C)O)CC[C@@H]23)C[C@@H](O)CC1O. The molecule has 37 heavy (non-hydrogen) atoms. The fraction of sp³-hybridized carbons (Fsp3) is 0.812. The van der Waals surface area contributed by atoms with Crippen LogP contribution in [0, 0.1) is 23.2 Å². The Bertz CT molecular complexity index is 844. The largest absolute Gasteiger partial charge is 0.393 e. The van der Waals surface area contributed by atoms with E-state index >= 15 is 0 Å². The first-order valence-corrected chi connectivity index (χ1v) is 14.7. The van der Waals surface area contributed by atoms with Crippen molar-refractivity contribution < 1.29 is 25.5 Å². The Kier molecular flexibility index (Phi) is 9.94. The summed E-state index contributed by atoms with van der Waals surface area (Å²) in [4.78, 5) is 0. The summed E-state index contributed by atoms with van der Waals surface area (Å²) in [7, 11) is 0. The maximum absolute atomic E-state index is 10.6. The van der Waals surface area contributed by atoms with Crippen LogP contribution in [0.25, 0.3) is 0 Å². The van der Waals surface area contributed by atoms with Gasteiger partial charge in [-0.3, -0.25) is 0 Å². The van der Waals surface area contributed by atoms with Crippen LogP contribution in [0.2, 0.25) is 0 Å². The number of hydrogen-bond donors (Lipinski definition) is 5. The molecule has 0 spiro atoms. The quantitative estimate of drug-likeness (QED) is 0.259. The fourth-order valence-corrected chi connectivity index (χ4v) is 7.59. The van der Waals surface area contributed by atoms with Crippen molar-refractivity contribution in [3.63, 3.8) is 0 Å². The molecule has 0 aromatic rings. The van der Waals surface area contributed by atoms with Gasteiger partial charge in [-0.05, 0) is 120 Å². The van der Waals surface area contributed by atoms with Gasteiger partial charge in [0.1, 0.15) is 0 Å². The second kappa shape index (κ2) is 12.0. The molecule has 3 aliphatic carbocycles. The van der Waals surface area contributed by atoms with Gasteiger partial charge in [0.2, 0.25) is 0 Å². The third kappa shape index (κ3) is 7.79. The lowest BCUT2D eigenvalue weighted by Crippen LogP contribution is -2.39. The minimum absolute atomic E-state index is 0.199. The average molecular weight is 519 g/mol. The van der Waals surface area contributed by atoms with Crippen molar-refractivity contribution >= 4 is 0 Å². The lowest BCUT2D eigenvalue weighted by atomic mass is 9.60. The van der Waals surface area contributed by atoms with Crippen LogP contribution in [0.3, 0.4) is 0 Å². The normalized spacial score (nSPS) is 35.1. The molecule has 5 heteroatoms. The Morgan fingerprint density at radius 1 is 1.05 bits per heavy atom. The van der Waals surface area contributed by atoms with E-state index in [9.17, 15) is 25.5 Å². The van der Waals surface area contributed by atoms with Crippen molar-refractivity contribution in [2.24, 2.45) is 23.2 Å². The van der Waals surface area contributed by atoms with Crippen molar-refractivity contribution in [1.82, 2.24) is 0 Å². The fourth-order valence-electron chi connectivity index (χ4n) is 7.59. The summed E-state index contributed by atoms with van der Waals surface area (Å²) in [5, 5.41) is 51.5. The van der Waals surface area contributed by atoms with Gasteiger partial charge in [0.25, 0.3) is 0 Å². The molecule has 3 rings (SSSR count). The van der Waals surface area contributed by atoms with E-state index in [4.69, 9.17) is 0 Å². The van der Waals surface area contributed by atoms with E-state index in [0.29, 0.717) is 37.0 Å². The molecular formula is C32H54O5. The molecule has 0 aromatic carbocycles. The third-order valence-corrected chi connectivity index (χ3v) is 9.86. The predicted molar refractivity (Wildman–Crippen MR) is 150 cm³/mol. The lowest BCUT2D eigenvalue weighted by Gasteiger charge is -2.45. The summed E-state index contributed by atoms with van der Waals surface area (Å²) in [6.07, 6.45) is 13.4. The number of aliphatic hydroxyl groups is 5. The zero-order valence-electron chi connectivity index (χ0n) is 24.0. The molecular weight excluding hydrogens is 464 g/mol. The molecule has 0 aliphatic heterocycles. The monoisotopic (exact) mass is 518 g/mol. The second-order valence-corrected chi connectivity index (χ2v) is 13.9. The molecule has 0 aromatic heterocycles. The smallest absolute Gasteiger partial charge is 0.0849 e. The highest BCUT2D eigenvalue weighted by molar-refractivity contribution is 5.38. The van der Waals surface area contributed by atoms with Crippen LogP contribution in [0.1, 0.15) is 112 Å². The highest BCUT2D eigenvalue weighted by Crippen LogP contribution is 2.60. The molecule has 0 radical (unpaired) electrons. The van der Waals surface area contributed by atoms with Gasteiger partial charge in [0.05, 0.1) is 29.5 Å². The molecule has 5 N–H and O–H groups in total. The van der Waals surface area contributed by atoms with Crippen molar-refractivity contribution in [2.75, 3.05) is 0 Å². The summed E-state index contributed by atoms with van der Waals surface area (Å²) in [5.74, 6) is 1.53. The molecule has 0 amide bonds. The molecule has 3 aliphatic rings. The van der Waals surface area contributed by atoms with Crippen molar-refractivity contribution in [1.29, 1.82) is 0 Å². The Morgan fingerprint density at radius 3 is 2.41 bits per heavy atom. The van der Waals surface area contributed by atoms with Gasteiger partial charge in [0.15, 0.2) is 0 Å². The Balaban J connectivity index is 1.79. The molecule has 3 fully saturated rings. The number of hydrogen-bond acceptors (Lipinski definition) is 5. The van der Waals surface area contributed by atoms with E-state index in [1.54, 1.807) is 13.8 Å². The standard InChI is InChI=1S/C32H54O5/c1-21-24(19-25(33)20-28(21)34)12-11-22-10-8-18-32(6)26(22)14-15-27(32)23(9-7-17-30(2,3)36)13-16-29(35)31(4,5)37/h11-12,23,25-29,33-37H,1,7-10,13-20H2,2-6H3/b22-11+,24-12-/t23-,25-,26+,27-,28?,29?,32+/m1/s1. The Morgan fingerprint density at radius 2 is 1.76 bits per heavy atom. The molecule has 5 nitrogen and oxygen atoms in total. The number of allylic oxidation sites excluding steroid dienone is 3. The second-order valence-electron chi connectivity index (χ2n) is 13.9. The van der Waals surface area contributed by atoms with Crippen molar-refractivity contribution in [2.45, 2.75) is 141 Å². The maximum Gasteiger partial charge on any atom is 0.0849 e. The summed E-state index contributed by atoms with van der Waals surface area (Å²) >= 11 is 0. The molecule has 0 bridgehead atoms. The Hall–Kier alpha value is -0.980. The Labute approximate surface area is 225 Å². The van der Waals surface area contributed by atoms with E-state index in [-0.39, 0.29) is 5.41 Å². The van der Waals surface area contributed by atoms with E-state index in [1.165, 1.54) is 24.8 Å². The summed E-state index contributed by atoms with van der Waals surface area (Å²) < 4.78 is 0. The minimum atomic E-state index is -1.10. The first kappa shape index (κ1) is 30.6. The van der Waals surface area contributed by atoms with E-state index in [1.807, 2.05) is 13.8 Å². The van der Waals surface area contributed by atoms with Crippen LogP contribution in [0.4, 0.5) is 0 Å². The molecule has 3 saturated carbocycles. The van der Waals surface area contributed by atoms with Crippen LogP contribution in [-0.4, -0.2) is 55.0 Å². The van der Waals surface area contributed by atoms with Crippen LogP contribution in [-0.2, 0) is 0 Å². The first-order valence-electron chi connectivity index (χ1n) is 14.7. The number of aliphatic hydroxyl groups excluding tert-OH is 3. The summed E-state index contributed by atoms with van der Waals surface area (Å²) in [6, 6.07) is 0. The van der Waals surface area contributed by atoms with Crippen molar-refractivity contribution in [3.05, 3.63) is 35.5 Å². The maximum atomic E-state index is 10.6. The molecule has 2 unspecified atom stereocenters. The first-order chi connectivity index (χ1) is 17.1. The van der Waals surface area contributed by atoms with Crippen molar-refractivity contribution in [3.8, 4) is 0 Å². The topological polar surface area (TPSA) is 101 Å². The highest BCUT2D eigenvalue weighted by atomic mass is 16.3. The minimum Gasteiger partial charge on any atom is -0.393 e. The molecule has 212 valence electrons. The van der Waals surface area contributed by atoms with Gasteiger partial charge in [-0.2, -0.15) is 0 Å². The average Bonchev–Trinajstić information content (AvgIpc) is 3.13. The van der Waals surface area contributed by atoms with E-state index < -0.39 is 29.5 Å². The number of fused-ring (bicyclic) bond motifs is 1. The van der Waals surface area contributed by atoms with Crippen LogP contribution in [0.15, 0.2) is 35.5 Å². The predicted octanol–water partition coefficient (Wildman–Crippen LogP) is 5.60.